The molecular formula is C28H29F3N4O4S. The number of ether oxygens (including phenoxy) is 1. The molecule has 2 heterocycles. The second kappa shape index (κ2) is 11.1. The summed E-state index contributed by atoms with van der Waals surface area (Å²) in [6.45, 7) is 3.86. The number of halogens is 3. The van der Waals surface area contributed by atoms with Crippen LogP contribution >= 0.6 is 11.8 Å². The summed E-state index contributed by atoms with van der Waals surface area (Å²) >= 11 is 1.52. The van der Waals surface area contributed by atoms with Crippen LogP contribution in [-0.4, -0.2) is 38.3 Å². The number of thioether (sulfide) groups is 1. The molecule has 0 atom stereocenters. The van der Waals surface area contributed by atoms with Gasteiger partial charge < -0.3 is 14.6 Å². The third-order valence-electron chi connectivity index (χ3n) is 6.90. The normalized spacial score (nSPS) is 17.1. The van der Waals surface area contributed by atoms with Crippen molar-refractivity contribution in [3.8, 4) is 22.9 Å². The van der Waals surface area contributed by atoms with E-state index >= 15 is 0 Å². The number of carbonyl (C=O) groups excluding carboxylic acids is 2. The summed E-state index contributed by atoms with van der Waals surface area (Å²) < 4.78 is 53.3. The van der Waals surface area contributed by atoms with Crippen molar-refractivity contribution in [2.45, 2.75) is 69.1 Å². The largest absolute Gasteiger partial charge is 0.456 e. The highest BCUT2D eigenvalue weighted by Crippen LogP contribution is 2.42. The first-order chi connectivity index (χ1) is 19.1. The fraction of sp³-hybridized carbons (Fsp3) is 0.429. The fourth-order valence-corrected chi connectivity index (χ4v) is 5.83. The molecular weight excluding hydrogens is 545 g/mol. The summed E-state index contributed by atoms with van der Waals surface area (Å²) in [7, 11) is 0. The standard InChI is InChI=1S/C28H29F3N4O4S/c1-17(2)16-40-22-9-5-4-8-21(22)38-20-11-10-18(14-19(20)28(29,30)31)24-32-23(39-34-24)15-35-25(36)27(33-26(35)37)12-6-3-7-13-27/h4-5,8-11,14,17H,3,6-7,12-13,15-16H2,1-2H3,(H,33,37). The highest BCUT2D eigenvalue weighted by molar-refractivity contribution is 7.99. The van der Waals surface area contributed by atoms with Crippen molar-refractivity contribution in [1.82, 2.24) is 20.4 Å². The smallest absolute Gasteiger partial charge is 0.420 e. The fourth-order valence-electron chi connectivity index (χ4n) is 4.89. The number of nitrogens with one attached hydrogen (secondary N) is 1. The summed E-state index contributed by atoms with van der Waals surface area (Å²) in [5.41, 5.74) is -1.84. The van der Waals surface area contributed by atoms with Crippen LogP contribution in [0.25, 0.3) is 11.4 Å². The van der Waals surface area contributed by atoms with Crippen LogP contribution < -0.4 is 10.1 Å². The van der Waals surface area contributed by atoms with E-state index < -0.39 is 23.3 Å². The Morgan fingerprint density at radius 3 is 2.58 bits per heavy atom. The molecule has 1 N–H and O–H groups in total. The molecule has 1 spiro atoms. The Kier molecular flexibility index (Phi) is 7.80. The number of para-hydroxylation sites is 1. The number of benzene rings is 2. The molecule has 1 saturated carbocycles. The lowest BCUT2D eigenvalue weighted by molar-refractivity contribution is -0.138. The van der Waals surface area contributed by atoms with Gasteiger partial charge in [0.1, 0.15) is 23.6 Å². The predicted molar refractivity (Wildman–Crippen MR) is 142 cm³/mol. The van der Waals surface area contributed by atoms with Gasteiger partial charge in [0, 0.05) is 11.3 Å². The van der Waals surface area contributed by atoms with Crippen molar-refractivity contribution in [3.05, 3.63) is 53.9 Å². The lowest BCUT2D eigenvalue weighted by atomic mass is 9.82. The molecule has 0 radical (unpaired) electrons. The molecule has 2 fully saturated rings. The maximum absolute atomic E-state index is 14.1. The first-order valence-electron chi connectivity index (χ1n) is 13.1. The number of aromatic nitrogens is 2. The molecule has 2 aliphatic rings. The van der Waals surface area contributed by atoms with Crippen LogP contribution in [0, 0.1) is 5.92 Å². The van der Waals surface area contributed by atoms with Gasteiger partial charge in [0.15, 0.2) is 0 Å². The van der Waals surface area contributed by atoms with Crippen molar-refractivity contribution in [2.75, 3.05) is 5.75 Å². The Bertz CT molecular complexity index is 1400. The van der Waals surface area contributed by atoms with Crippen LogP contribution in [-0.2, 0) is 17.5 Å². The van der Waals surface area contributed by atoms with Crippen molar-refractivity contribution >= 4 is 23.7 Å². The number of rotatable bonds is 8. The maximum Gasteiger partial charge on any atom is 0.420 e. The van der Waals surface area contributed by atoms with Gasteiger partial charge in [-0.15, -0.1) is 11.8 Å². The number of nitrogens with zero attached hydrogens (tertiary/aromatic N) is 3. The third-order valence-corrected chi connectivity index (χ3v) is 8.38. The van der Waals surface area contributed by atoms with E-state index in [-0.39, 0.29) is 35.5 Å². The topological polar surface area (TPSA) is 97.6 Å². The number of imide groups is 1. The summed E-state index contributed by atoms with van der Waals surface area (Å²) in [6, 6.07) is 9.96. The van der Waals surface area contributed by atoms with Gasteiger partial charge in [-0.3, -0.25) is 9.69 Å². The van der Waals surface area contributed by atoms with E-state index in [9.17, 15) is 22.8 Å². The van der Waals surface area contributed by atoms with Gasteiger partial charge in [-0.1, -0.05) is 50.4 Å². The zero-order chi connectivity index (χ0) is 28.5. The SMILES string of the molecule is CC(C)CSc1ccccc1Oc1ccc(-c2noc(CN3C(=O)NC4(CCCCC4)C3=O)n2)cc1C(F)(F)F. The second-order valence-electron chi connectivity index (χ2n) is 10.4. The quantitative estimate of drug-likeness (QED) is 0.227. The summed E-state index contributed by atoms with van der Waals surface area (Å²) in [5, 5.41) is 6.61. The van der Waals surface area contributed by atoms with Crippen LogP contribution in [0.5, 0.6) is 11.5 Å². The Morgan fingerprint density at radius 1 is 1.10 bits per heavy atom. The van der Waals surface area contributed by atoms with Crippen molar-refractivity contribution in [2.24, 2.45) is 5.92 Å². The number of carbonyl (C=O) groups is 2. The van der Waals surface area contributed by atoms with E-state index in [2.05, 4.69) is 29.3 Å². The number of urea groups is 1. The predicted octanol–water partition coefficient (Wildman–Crippen LogP) is 7.05. The van der Waals surface area contributed by atoms with Crippen molar-refractivity contribution in [3.63, 3.8) is 0 Å². The maximum atomic E-state index is 14.1. The van der Waals surface area contributed by atoms with Crippen molar-refractivity contribution < 1.29 is 32.0 Å². The molecule has 40 heavy (non-hydrogen) atoms. The first-order valence-corrected chi connectivity index (χ1v) is 14.1. The highest BCUT2D eigenvalue weighted by Gasteiger charge is 2.51. The molecule has 3 amide bonds. The second-order valence-corrected chi connectivity index (χ2v) is 11.5. The zero-order valence-corrected chi connectivity index (χ0v) is 22.9. The molecule has 12 heteroatoms. The average Bonchev–Trinajstić information content (AvgIpc) is 3.47. The minimum Gasteiger partial charge on any atom is -0.456 e. The molecule has 3 aromatic rings. The minimum atomic E-state index is -4.72. The summed E-state index contributed by atoms with van der Waals surface area (Å²) in [4.78, 5) is 31.5. The van der Waals surface area contributed by atoms with E-state index in [0.717, 1.165) is 40.9 Å². The van der Waals surface area contributed by atoms with E-state index in [4.69, 9.17) is 9.26 Å². The van der Waals surface area contributed by atoms with E-state index in [1.165, 1.54) is 23.9 Å². The van der Waals surface area contributed by atoms with Gasteiger partial charge in [0.25, 0.3) is 5.91 Å². The van der Waals surface area contributed by atoms with Gasteiger partial charge in [-0.05, 0) is 49.1 Å². The van der Waals surface area contributed by atoms with Crippen LogP contribution in [0.3, 0.4) is 0 Å². The van der Waals surface area contributed by atoms with Crippen LogP contribution in [0.4, 0.5) is 18.0 Å². The molecule has 2 aromatic carbocycles. The van der Waals surface area contributed by atoms with Crippen LogP contribution in [0.15, 0.2) is 51.9 Å². The molecule has 0 unspecified atom stereocenters. The van der Waals surface area contributed by atoms with Crippen LogP contribution in [0.2, 0.25) is 0 Å². The molecule has 0 bridgehead atoms. The first kappa shape index (κ1) is 28.0. The van der Waals surface area contributed by atoms with E-state index in [1.54, 1.807) is 12.1 Å². The van der Waals surface area contributed by atoms with Gasteiger partial charge in [-0.25, -0.2) is 4.79 Å². The lowest BCUT2D eigenvalue weighted by Crippen LogP contribution is -2.48. The summed E-state index contributed by atoms with van der Waals surface area (Å²) in [5.74, 6) is 0.666. The van der Waals surface area contributed by atoms with Gasteiger partial charge >= 0.3 is 12.2 Å². The molecule has 1 aromatic heterocycles. The number of hydrogen-bond donors (Lipinski definition) is 1. The minimum absolute atomic E-state index is 0.0538. The number of amides is 3. The highest BCUT2D eigenvalue weighted by atomic mass is 32.2. The van der Waals surface area contributed by atoms with Gasteiger partial charge in [0.05, 0.1) is 10.5 Å². The molecule has 1 saturated heterocycles. The summed E-state index contributed by atoms with van der Waals surface area (Å²) in [6.07, 6.45) is -0.892. The third kappa shape index (κ3) is 5.81. The Morgan fingerprint density at radius 2 is 1.85 bits per heavy atom. The Labute approximate surface area is 233 Å². The average molecular weight is 575 g/mol. The Balaban J connectivity index is 1.36. The number of alkyl halides is 3. The molecule has 212 valence electrons. The Hall–Kier alpha value is -3.54. The molecule has 5 rings (SSSR count). The van der Waals surface area contributed by atoms with Crippen LogP contribution in [0.1, 0.15) is 57.4 Å². The van der Waals surface area contributed by atoms with Gasteiger partial charge in [0.2, 0.25) is 11.7 Å². The number of hydrogen-bond acceptors (Lipinski definition) is 7. The lowest BCUT2D eigenvalue weighted by Gasteiger charge is -2.30. The van der Waals surface area contributed by atoms with Gasteiger partial charge in [-0.2, -0.15) is 18.2 Å². The molecule has 1 aliphatic carbocycles. The van der Waals surface area contributed by atoms with Crippen molar-refractivity contribution in [1.29, 1.82) is 0 Å². The van der Waals surface area contributed by atoms with E-state index in [0.29, 0.717) is 24.5 Å². The molecule has 8 nitrogen and oxygen atoms in total. The monoisotopic (exact) mass is 574 g/mol. The zero-order valence-electron chi connectivity index (χ0n) is 22.1. The van der Waals surface area contributed by atoms with E-state index in [1.807, 2.05) is 12.1 Å². The molecule has 1 aliphatic heterocycles.